The lowest BCUT2D eigenvalue weighted by Crippen LogP contribution is -2.28. The van der Waals surface area contributed by atoms with Gasteiger partial charge in [-0.05, 0) is 38.5 Å². The number of unbranched alkanes of at least 4 members (excludes halogenated alkanes) is 26. The largest absolute Gasteiger partial charge is 0.462 e. The molecule has 0 aromatic heterocycles. The van der Waals surface area contributed by atoms with E-state index >= 15 is 0 Å². The number of hydrogen-bond donors (Lipinski definition) is 1. The summed E-state index contributed by atoms with van der Waals surface area (Å²) in [5, 5.41) is 9.54. The van der Waals surface area contributed by atoms with Crippen molar-refractivity contribution in [1.29, 1.82) is 0 Å². The predicted octanol–water partition coefficient (Wildman–Crippen LogP) is 12.1. The molecule has 1 atom stereocenters. The van der Waals surface area contributed by atoms with E-state index < -0.39 is 6.10 Å². The zero-order chi connectivity index (χ0) is 32.9. The quantitative estimate of drug-likeness (QED) is 0.0421. The maximum Gasteiger partial charge on any atom is 0.306 e. The summed E-state index contributed by atoms with van der Waals surface area (Å²) in [7, 11) is 0. The lowest BCUT2D eigenvalue weighted by atomic mass is 10.0. The Morgan fingerprint density at radius 1 is 0.489 bits per heavy atom. The van der Waals surface area contributed by atoms with Crippen molar-refractivity contribution in [3.8, 4) is 0 Å². The fraction of sp³-hybridized carbons (Fsp3) is 0.900. The maximum absolute atomic E-state index is 12.2. The van der Waals surface area contributed by atoms with E-state index in [2.05, 4.69) is 26.0 Å². The Balaban J connectivity index is 3.51. The second-order valence-corrected chi connectivity index (χ2v) is 13.4. The van der Waals surface area contributed by atoms with Crippen LogP contribution in [0.1, 0.15) is 213 Å². The van der Waals surface area contributed by atoms with Crippen molar-refractivity contribution >= 4 is 11.9 Å². The molecule has 0 heterocycles. The van der Waals surface area contributed by atoms with Gasteiger partial charge in [0.05, 0.1) is 6.61 Å². The Hall–Kier alpha value is -1.36. The highest BCUT2D eigenvalue weighted by Crippen LogP contribution is 2.14. The molecule has 1 unspecified atom stereocenters. The van der Waals surface area contributed by atoms with Gasteiger partial charge in [0.1, 0.15) is 6.61 Å². The highest BCUT2D eigenvalue weighted by Gasteiger charge is 2.16. The second kappa shape index (κ2) is 37.1. The van der Waals surface area contributed by atoms with E-state index in [-0.39, 0.29) is 25.2 Å². The van der Waals surface area contributed by atoms with Gasteiger partial charge in [-0.3, -0.25) is 9.59 Å². The van der Waals surface area contributed by atoms with Crippen molar-refractivity contribution in [2.24, 2.45) is 0 Å². The SMILES string of the molecule is CCCCCCCC/C=C\CCCCCCCCCCCC(=O)OC(CO)COC(=O)CCCCCCCCCCCCCC. The molecule has 5 heteroatoms. The van der Waals surface area contributed by atoms with Crippen LogP contribution in [0, 0.1) is 0 Å². The Morgan fingerprint density at radius 3 is 1.20 bits per heavy atom. The first-order chi connectivity index (χ1) is 22.1. The molecule has 0 aliphatic rings. The zero-order valence-corrected chi connectivity index (χ0v) is 30.1. The molecule has 0 rings (SSSR count). The summed E-state index contributed by atoms with van der Waals surface area (Å²) in [6.07, 6.45) is 41.3. The van der Waals surface area contributed by atoms with Crippen molar-refractivity contribution in [2.75, 3.05) is 13.2 Å². The minimum absolute atomic E-state index is 0.0607. The molecular weight excluding hydrogens is 560 g/mol. The second-order valence-electron chi connectivity index (χ2n) is 13.4. The van der Waals surface area contributed by atoms with E-state index in [0.29, 0.717) is 12.8 Å². The molecule has 266 valence electrons. The standard InChI is InChI=1S/C40H76O5/c1-3-5-7-9-11-13-15-17-18-19-20-21-22-23-25-27-29-31-33-35-40(43)45-38(36-41)37-44-39(42)34-32-30-28-26-24-16-14-12-10-8-6-4-2/h17-18,38,41H,3-16,19-37H2,1-2H3/b18-17-. The lowest BCUT2D eigenvalue weighted by molar-refractivity contribution is -0.161. The molecule has 45 heavy (non-hydrogen) atoms. The molecule has 0 saturated heterocycles. The first-order valence-electron chi connectivity index (χ1n) is 19.7. The predicted molar refractivity (Wildman–Crippen MR) is 192 cm³/mol. The smallest absolute Gasteiger partial charge is 0.306 e. The number of rotatable bonds is 36. The summed E-state index contributed by atoms with van der Waals surface area (Å²) in [5.41, 5.74) is 0. The zero-order valence-electron chi connectivity index (χ0n) is 30.1. The van der Waals surface area contributed by atoms with Gasteiger partial charge in [0.15, 0.2) is 6.10 Å². The van der Waals surface area contributed by atoms with Gasteiger partial charge in [0.2, 0.25) is 0 Å². The summed E-state index contributed by atoms with van der Waals surface area (Å²) in [4.78, 5) is 24.2. The molecule has 0 bridgehead atoms. The number of aliphatic hydroxyl groups is 1. The van der Waals surface area contributed by atoms with Gasteiger partial charge in [-0.1, -0.05) is 174 Å². The van der Waals surface area contributed by atoms with Gasteiger partial charge in [0.25, 0.3) is 0 Å². The normalized spacial score (nSPS) is 12.2. The molecule has 0 aliphatic heterocycles. The van der Waals surface area contributed by atoms with Crippen LogP contribution in [0.25, 0.3) is 0 Å². The van der Waals surface area contributed by atoms with Crippen LogP contribution in [0.2, 0.25) is 0 Å². The monoisotopic (exact) mass is 637 g/mol. The van der Waals surface area contributed by atoms with Crippen LogP contribution >= 0.6 is 0 Å². The van der Waals surface area contributed by atoms with Gasteiger partial charge < -0.3 is 14.6 Å². The number of carbonyl (C=O) groups excluding carboxylic acids is 2. The van der Waals surface area contributed by atoms with Crippen LogP contribution in [0.5, 0.6) is 0 Å². The highest BCUT2D eigenvalue weighted by atomic mass is 16.6. The van der Waals surface area contributed by atoms with Crippen molar-refractivity contribution in [2.45, 2.75) is 219 Å². The number of carbonyl (C=O) groups is 2. The van der Waals surface area contributed by atoms with Gasteiger partial charge in [-0.2, -0.15) is 0 Å². The third kappa shape index (κ3) is 35.3. The van der Waals surface area contributed by atoms with E-state index in [1.165, 1.54) is 148 Å². The molecule has 0 aliphatic carbocycles. The van der Waals surface area contributed by atoms with Crippen LogP contribution in [-0.2, 0) is 19.1 Å². The number of ether oxygens (including phenoxy) is 2. The first kappa shape index (κ1) is 43.6. The molecule has 0 radical (unpaired) electrons. The molecule has 0 fully saturated rings. The number of allylic oxidation sites excluding steroid dienone is 2. The first-order valence-corrected chi connectivity index (χ1v) is 19.7. The van der Waals surface area contributed by atoms with Crippen LogP contribution < -0.4 is 0 Å². The average Bonchev–Trinajstić information content (AvgIpc) is 3.04. The molecular formula is C40H76O5. The third-order valence-corrected chi connectivity index (χ3v) is 8.81. The highest BCUT2D eigenvalue weighted by molar-refractivity contribution is 5.70. The van der Waals surface area contributed by atoms with Gasteiger partial charge in [-0.15, -0.1) is 0 Å². The Morgan fingerprint density at radius 2 is 0.822 bits per heavy atom. The summed E-state index contributed by atoms with van der Waals surface area (Å²) in [5.74, 6) is -0.584. The molecule has 0 amide bonds. The van der Waals surface area contributed by atoms with E-state index in [0.717, 1.165) is 38.5 Å². The van der Waals surface area contributed by atoms with E-state index in [4.69, 9.17) is 9.47 Å². The third-order valence-electron chi connectivity index (χ3n) is 8.81. The average molecular weight is 637 g/mol. The van der Waals surface area contributed by atoms with Crippen LogP contribution in [-0.4, -0.2) is 36.4 Å². The molecule has 0 spiro atoms. The number of esters is 2. The lowest BCUT2D eigenvalue weighted by Gasteiger charge is -2.15. The Labute approximate surface area is 280 Å². The summed E-state index contributed by atoms with van der Waals surface area (Å²) >= 11 is 0. The van der Waals surface area contributed by atoms with Crippen molar-refractivity contribution in [1.82, 2.24) is 0 Å². The topological polar surface area (TPSA) is 72.8 Å². The summed E-state index contributed by atoms with van der Waals surface area (Å²) in [6.45, 7) is 4.14. The van der Waals surface area contributed by atoms with E-state index in [1.807, 2.05) is 0 Å². The van der Waals surface area contributed by atoms with Crippen molar-refractivity contribution in [3.05, 3.63) is 12.2 Å². The van der Waals surface area contributed by atoms with Gasteiger partial charge in [0, 0.05) is 12.8 Å². The van der Waals surface area contributed by atoms with Crippen LogP contribution in [0.15, 0.2) is 12.2 Å². The summed E-state index contributed by atoms with van der Waals surface area (Å²) in [6, 6.07) is 0. The number of aliphatic hydroxyl groups excluding tert-OH is 1. The molecule has 1 N–H and O–H groups in total. The van der Waals surface area contributed by atoms with E-state index in [1.54, 1.807) is 0 Å². The Kier molecular flexibility index (Phi) is 36.0. The summed E-state index contributed by atoms with van der Waals surface area (Å²) < 4.78 is 10.6. The molecule has 0 aromatic carbocycles. The van der Waals surface area contributed by atoms with Crippen LogP contribution in [0.4, 0.5) is 0 Å². The minimum Gasteiger partial charge on any atom is -0.462 e. The Bertz CT molecular complexity index is 647. The molecule has 0 aromatic rings. The fourth-order valence-electron chi connectivity index (χ4n) is 5.78. The van der Waals surface area contributed by atoms with Crippen molar-refractivity contribution < 1.29 is 24.2 Å². The van der Waals surface area contributed by atoms with Crippen molar-refractivity contribution in [3.63, 3.8) is 0 Å². The van der Waals surface area contributed by atoms with E-state index in [9.17, 15) is 14.7 Å². The maximum atomic E-state index is 12.2. The van der Waals surface area contributed by atoms with Crippen LogP contribution in [0.3, 0.4) is 0 Å². The molecule has 0 saturated carbocycles. The fourth-order valence-corrected chi connectivity index (χ4v) is 5.78. The minimum atomic E-state index is -0.765. The van der Waals surface area contributed by atoms with Gasteiger partial charge >= 0.3 is 11.9 Å². The molecule has 5 nitrogen and oxygen atoms in total. The van der Waals surface area contributed by atoms with Gasteiger partial charge in [-0.25, -0.2) is 0 Å². The number of hydrogen-bond acceptors (Lipinski definition) is 5.